The first-order valence-electron chi connectivity index (χ1n) is 8.83. The van der Waals surface area contributed by atoms with E-state index in [2.05, 4.69) is 20.6 Å². The Bertz CT molecular complexity index is 943. The Morgan fingerprint density at radius 1 is 1.00 bits per heavy atom. The number of rotatable bonds is 7. The van der Waals surface area contributed by atoms with Crippen molar-refractivity contribution >= 4 is 17.5 Å². The highest BCUT2D eigenvalue weighted by molar-refractivity contribution is 6.05. The summed E-state index contributed by atoms with van der Waals surface area (Å²) in [6.07, 6.45) is 4.50. The lowest BCUT2D eigenvalue weighted by Crippen LogP contribution is -2.24. The Balaban J connectivity index is 1.63. The second-order valence-corrected chi connectivity index (χ2v) is 5.88. The summed E-state index contributed by atoms with van der Waals surface area (Å²) in [5.41, 5.74) is 1.96. The van der Waals surface area contributed by atoms with Crippen molar-refractivity contribution in [2.75, 3.05) is 11.9 Å². The van der Waals surface area contributed by atoms with E-state index in [9.17, 15) is 9.59 Å². The van der Waals surface area contributed by atoms with Gasteiger partial charge in [0.05, 0.1) is 30.0 Å². The standard InChI is InChI=1S/C21H20N4O3/c1-2-28-19-8-6-17(7-9-19)25-21(27)16-11-15(12-22-13-16)20(26)24-14-18-5-3-4-10-23-18/h3-13H,2,14H2,1H3,(H,24,26)(H,25,27). The predicted octanol–water partition coefficient (Wildman–Crippen LogP) is 3.06. The summed E-state index contributed by atoms with van der Waals surface area (Å²) in [6, 6.07) is 14.0. The normalized spacial score (nSPS) is 10.2. The number of ether oxygens (including phenoxy) is 1. The van der Waals surface area contributed by atoms with E-state index in [4.69, 9.17) is 4.74 Å². The molecular formula is C21H20N4O3. The lowest BCUT2D eigenvalue weighted by atomic mass is 10.1. The summed E-state index contributed by atoms with van der Waals surface area (Å²) in [7, 11) is 0. The average molecular weight is 376 g/mol. The summed E-state index contributed by atoms with van der Waals surface area (Å²) in [5.74, 6) is 0.0543. The van der Waals surface area contributed by atoms with Crippen LogP contribution in [0.2, 0.25) is 0 Å². The second kappa shape index (κ2) is 9.27. The Kier molecular flexibility index (Phi) is 6.30. The molecule has 0 saturated carbocycles. The van der Waals surface area contributed by atoms with Crippen molar-refractivity contribution in [1.82, 2.24) is 15.3 Å². The number of hydrogen-bond acceptors (Lipinski definition) is 5. The van der Waals surface area contributed by atoms with E-state index in [0.717, 1.165) is 11.4 Å². The third-order valence-electron chi connectivity index (χ3n) is 3.84. The molecule has 142 valence electrons. The Labute approximate surface area is 162 Å². The molecule has 2 aromatic heterocycles. The predicted molar refractivity (Wildman–Crippen MR) is 105 cm³/mol. The van der Waals surface area contributed by atoms with Gasteiger partial charge in [-0.25, -0.2) is 0 Å². The minimum Gasteiger partial charge on any atom is -0.494 e. The lowest BCUT2D eigenvalue weighted by molar-refractivity contribution is 0.0950. The number of nitrogens with zero attached hydrogens (tertiary/aromatic N) is 2. The number of pyridine rings is 2. The fourth-order valence-electron chi connectivity index (χ4n) is 2.47. The van der Waals surface area contributed by atoms with Crippen LogP contribution in [-0.4, -0.2) is 28.4 Å². The number of carbonyl (C=O) groups excluding carboxylic acids is 2. The smallest absolute Gasteiger partial charge is 0.257 e. The fourth-order valence-corrected chi connectivity index (χ4v) is 2.47. The van der Waals surface area contributed by atoms with Crippen LogP contribution in [0.3, 0.4) is 0 Å². The van der Waals surface area contributed by atoms with Crippen molar-refractivity contribution in [3.05, 3.63) is 83.9 Å². The first-order chi connectivity index (χ1) is 13.7. The molecule has 7 nitrogen and oxygen atoms in total. The molecule has 0 aliphatic rings. The molecule has 0 saturated heterocycles. The van der Waals surface area contributed by atoms with E-state index in [0.29, 0.717) is 30.0 Å². The number of hydrogen-bond donors (Lipinski definition) is 2. The zero-order valence-corrected chi connectivity index (χ0v) is 15.4. The van der Waals surface area contributed by atoms with Crippen LogP contribution in [0.1, 0.15) is 33.3 Å². The molecule has 2 N–H and O–H groups in total. The Morgan fingerprint density at radius 3 is 2.43 bits per heavy atom. The molecule has 0 radical (unpaired) electrons. The van der Waals surface area contributed by atoms with Gasteiger partial charge in [-0.15, -0.1) is 0 Å². The maximum atomic E-state index is 12.5. The fraction of sp³-hybridized carbons (Fsp3) is 0.143. The molecule has 0 fully saturated rings. The molecule has 0 aliphatic heterocycles. The van der Waals surface area contributed by atoms with Gasteiger partial charge in [-0.3, -0.25) is 19.6 Å². The van der Waals surface area contributed by atoms with E-state index < -0.39 is 0 Å². The minimum absolute atomic E-state index is 0.291. The van der Waals surface area contributed by atoms with Gasteiger partial charge in [-0.2, -0.15) is 0 Å². The zero-order valence-electron chi connectivity index (χ0n) is 15.4. The first-order valence-corrected chi connectivity index (χ1v) is 8.83. The molecule has 7 heteroatoms. The number of aromatic nitrogens is 2. The van der Waals surface area contributed by atoms with Crippen LogP contribution in [0.15, 0.2) is 67.1 Å². The molecule has 0 aliphatic carbocycles. The first kappa shape index (κ1) is 19.0. The van der Waals surface area contributed by atoms with Crippen LogP contribution >= 0.6 is 0 Å². The van der Waals surface area contributed by atoms with Crippen molar-refractivity contribution in [3.63, 3.8) is 0 Å². The molecule has 2 amide bonds. The lowest BCUT2D eigenvalue weighted by Gasteiger charge is -2.08. The molecule has 2 heterocycles. The van der Waals surface area contributed by atoms with Crippen LogP contribution in [0.25, 0.3) is 0 Å². The molecule has 0 spiro atoms. The molecular weight excluding hydrogens is 356 g/mol. The molecule has 0 atom stereocenters. The SMILES string of the molecule is CCOc1ccc(NC(=O)c2cncc(C(=O)NCc3ccccn3)c2)cc1. The van der Waals surface area contributed by atoms with Crippen LogP contribution in [-0.2, 0) is 6.54 Å². The quantitative estimate of drug-likeness (QED) is 0.661. The van der Waals surface area contributed by atoms with Gasteiger partial charge in [0.2, 0.25) is 0 Å². The number of amides is 2. The van der Waals surface area contributed by atoms with Crippen molar-refractivity contribution in [1.29, 1.82) is 0 Å². The van der Waals surface area contributed by atoms with Gasteiger partial charge >= 0.3 is 0 Å². The number of anilines is 1. The maximum Gasteiger partial charge on any atom is 0.257 e. The third-order valence-corrected chi connectivity index (χ3v) is 3.84. The number of nitrogens with one attached hydrogen (secondary N) is 2. The van der Waals surface area contributed by atoms with Crippen molar-refractivity contribution in [2.45, 2.75) is 13.5 Å². The van der Waals surface area contributed by atoms with Gasteiger partial charge in [0.15, 0.2) is 0 Å². The highest BCUT2D eigenvalue weighted by atomic mass is 16.5. The van der Waals surface area contributed by atoms with Gasteiger partial charge in [0, 0.05) is 24.3 Å². The van der Waals surface area contributed by atoms with E-state index in [1.165, 1.54) is 18.5 Å². The molecule has 3 rings (SSSR count). The summed E-state index contributed by atoms with van der Waals surface area (Å²) in [6.45, 7) is 2.77. The van der Waals surface area contributed by atoms with Crippen molar-refractivity contribution in [3.8, 4) is 5.75 Å². The van der Waals surface area contributed by atoms with Gasteiger partial charge in [0.1, 0.15) is 5.75 Å². The topological polar surface area (TPSA) is 93.2 Å². The molecule has 1 aromatic carbocycles. The van der Waals surface area contributed by atoms with Crippen molar-refractivity contribution < 1.29 is 14.3 Å². The summed E-state index contributed by atoms with van der Waals surface area (Å²) < 4.78 is 5.38. The highest BCUT2D eigenvalue weighted by Gasteiger charge is 2.12. The summed E-state index contributed by atoms with van der Waals surface area (Å²) >= 11 is 0. The van der Waals surface area contributed by atoms with Crippen LogP contribution < -0.4 is 15.4 Å². The zero-order chi connectivity index (χ0) is 19.8. The van der Waals surface area contributed by atoms with Gasteiger partial charge in [-0.05, 0) is 49.4 Å². The van der Waals surface area contributed by atoms with Gasteiger partial charge in [0.25, 0.3) is 11.8 Å². The number of carbonyl (C=O) groups is 2. The Morgan fingerprint density at radius 2 is 1.75 bits per heavy atom. The maximum absolute atomic E-state index is 12.5. The minimum atomic E-state index is -0.351. The summed E-state index contributed by atoms with van der Waals surface area (Å²) in [4.78, 5) is 32.9. The molecule has 0 unspecified atom stereocenters. The summed E-state index contributed by atoms with van der Waals surface area (Å²) in [5, 5.41) is 5.54. The van der Waals surface area contributed by atoms with E-state index in [1.54, 1.807) is 30.5 Å². The van der Waals surface area contributed by atoms with E-state index in [1.807, 2.05) is 25.1 Å². The molecule has 3 aromatic rings. The third kappa shape index (κ3) is 5.14. The molecule has 0 bridgehead atoms. The molecule has 28 heavy (non-hydrogen) atoms. The van der Waals surface area contributed by atoms with Gasteiger partial charge < -0.3 is 15.4 Å². The van der Waals surface area contributed by atoms with Crippen LogP contribution in [0.5, 0.6) is 5.75 Å². The second-order valence-electron chi connectivity index (χ2n) is 5.88. The van der Waals surface area contributed by atoms with Crippen LogP contribution in [0, 0.1) is 0 Å². The largest absolute Gasteiger partial charge is 0.494 e. The average Bonchev–Trinajstić information content (AvgIpc) is 2.74. The monoisotopic (exact) mass is 376 g/mol. The number of benzene rings is 1. The van der Waals surface area contributed by atoms with Crippen molar-refractivity contribution in [2.24, 2.45) is 0 Å². The van der Waals surface area contributed by atoms with E-state index >= 15 is 0 Å². The van der Waals surface area contributed by atoms with Crippen LogP contribution in [0.4, 0.5) is 5.69 Å². The highest BCUT2D eigenvalue weighted by Crippen LogP contribution is 2.16. The van der Waals surface area contributed by atoms with Gasteiger partial charge in [-0.1, -0.05) is 6.07 Å². The Hall–Kier alpha value is -3.74. The van der Waals surface area contributed by atoms with E-state index in [-0.39, 0.29) is 11.8 Å².